The molecule has 3 saturated carbocycles. The monoisotopic (exact) mass is 260 g/mol. The predicted molar refractivity (Wildman–Crippen MR) is 71.5 cm³/mol. The third-order valence-electron chi connectivity index (χ3n) is 5.37. The number of halogens is 1. The summed E-state index contributed by atoms with van der Waals surface area (Å²) in [4.78, 5) is 12.4. The van der Waals surface area contributed by atoms with E-state index in [1.165, 1.54) is 19.3 Å². The molecule has 2 heteroatoms. The molecule has 0 aromatic heterocycles. The maximum absolute atomic E-state index is 12.4. The largest absolute Gasteiger partial charge is 0.299 e. The van der Waals surface area contributed by atoms with Crippen molar-refractivity contribution < 1.29 is 4.79 Å². The minimum Gasteiger partial charge on any atom is -0.299 e. The molecule has 0 amide bonds. The molecule has 1 aromatic carbocycles. The third-order valence-corrected chi connectivity index (χ3v) is 5.61. The van der Waals surface area contributed by atoms with Gasteiger partial charge in [-0.05, 0) is 60.6 Å². The molecule has 4 unspecified atom stereocenters. The summed E-state index contributed by atoms with van der Waals surface area (Å²) in [6.07, 6.45) is 4.76. The summed E-state index contributed by atoms with van der Waals surface area (Å²) in [5.41, 5.74) is 1.07. The number of hydrogen-bond donors (Lipinski definition) is 0. The zero-order chi connectivity index (χ0) is 12.3. The maximum Gasteiger partial charge on any atom is 0.140 e. The Balaban J connectivity index is 1.47. The van der Waals surface area contributed by atoms with Gasteiger partial charge in [-0.25, -0.2) is 0 Å². The Morgan fingerprint density at radius 2 is 1.94 bits per heavy atom. The second kappa shape index (κ2) is 3.84. The Labute approximate surface area is 113 Å². The molecule has 2 bridgehead atoms. The minimum atomic E-state index is 0.398. The molecule has 1 nitrogen and oxygen atoms in total. The van der Waals surface area contributed by atoms with Gasteiger partial charge in [0.2, 0.25) is 0 Å². The second-order valence-corrected chi connectivity index (χ2v) is 6.72. The topological polar surface area (TPSA) is 17.1 Å². The lowest BCUT2D eigenvalue weighted by Gasteiger charge is -2.08. The highest BCUT2D eigenvalue weighted by Gasteiger charge is 2.66. The lowest BCUT2D eigenvalue weighted by molar-refractivity contribution is -0.120. The van der Waals surface area contributed by atoms with Gasteiger partial charge in [0.25, 0.3) is 0 Å². The molecular formula is C16H17ClO. The molecule has 3 aliphatic carbocycles. The van der Waals surface area contributed by atoms with Gasteiger partial charge in [-0.15, -0.1) is 0 Å². The lowest BCUT2D eigenvalue weighted by atomic mass is 9.96. The number of carbonyl (C=O) groups excluding carboxylic acids is 1. The molecule has 3 fully saturated rings. The molecule has 0 radical (unpaired) electrons. The van der Waals surface area contributed by atoms with Crippen LogP contribution in [0.5, 0.6) is 0 Å². The molecule has 3 aliphatic rings. The van der Waals surface area contributed by atoms with E-state index in [1.54, 1.807) is 0 Å². The number of fused-ring (bicyclic) bond motifs is 5. The summed E-state index contributed by atoms with van der Waals surface area (Å²) in [6, 6.07) is 7.73. The van der Waals surface area contributed by atoms with E-state index in [-0.39, 0.29) is 0 Å². The molecule has 0 saturated heterocycles. The third kappa shape index (κ3) is 1.56. The smallest absolute Gasteiger partial charge is 0.140 e. The maximum atomic E-state index is 12.4. The summed E-state index contributed by atoms with van der Waals surface area (Å²) in [5.74, 6) is 4.14. The van der Waals surface area contributed by atoms with Crippen LogP contribution in [0.3, 0.4) is 0 Å². The van der Waals surface area contributed by atoms with Crippen molar-refractivity contribution in [1.29, 1.82) is 0 Å². The van der Waals surface area contributed by atoms with E-state index in [9.17, 15) is 4.79 Å². The SMILES string of the molecule is O=C(Cc1cccc(Cl)c1)C1C2C3CCC(C3)C12. The van der Waals surface area contributed by atoms with Crippen molar-refractivity contribution in [1.82, 2.24) is 0 Å². The number of benzene rings is 1. The fourth-order valence-corrected chi connectivity index (χ4v) is 4.93. The van der Waals surface area contributed by atoms with Crippen molar-refractivity contribution in [3.63, 3.8) is 0 Å². The van der Waals surface area contributed by atoms with Gasteiger partial charge in [0.1, 0.15) is 5.78 Å². The zero-order valence-electron chi connectivity index (χ0n) is 10.3. The molecule has 0 aliphatic heterocycles. The van der Waals surface area contributed by atoms with Crippen LogP contribution in [0, 0.1) is 29.6 Å². The van der Waals surface area contributed by atoms with Crippen LogP contribution in [-0.2, 0) is 11.2 Å². The van der Waals surface area contributed by atoms with Crippen LogP contribution in [0.25, 0.3) is 0 Å². The van der Waals surface area contributed by atoms with Crippen LogP contribution in [0.4, 0.5) is 0 Å². The molecule has 94 valence electrons. The number of ketones is 1. The number of carbonyl (C=O) groups is 1. The average Bonchev–Trinajstić information content (AvgIpc) is 2.79. The minimum absolute atomic E-state index is 0.398. The molecule has 0 N–H and O–H groups in total. The van der Waals surface area contributed by atoms with Crippen molar-refractivity contribution in [2.24, 2.45) is 29.6 Å². The van der Waals surface area contributed by atoms with E-state index in [0.29, 0.717) is 18.1 Å². The predicted octanol–water partition coefficient (Wildman–Crippen LogP) is 3.74. The molecule has 4 rings (SSSR count). The normalized spacial score (nSPS) is 39.7. The summed E-state index contributed by atoms with van der Waals surface area (Å²) in [7, 11) is 0. The first-order valence-electron chi connectivity index (χ1n) is 7.01. The Kier molecular flexibility index (Phi) is 2.35. The van der Waals surface area contributed by atoms with Gasteiger partial charge in [0.05, 0.1) is 0 Å². The van der Waals surface area contributed by atoms with E-state index in [1.807, 2.05) is 24.3 Å². The molecule has 0 heterocycles. The van der Waals surface area contributed by atoms with Crippen LogP contribution in [-0.4, -0.2) is 5.78 Å². The quantitative estimate of drug-likeness (QED) is 0.809. The van der Waals surface area contributed by atoms with Crippen LogP contribution in [0.1, 0.15) is 24.8 Å². The second-order valence-electron chi connectivity index (χ2n) is 6.29. The van der Waals surface area contributed by atoms with Crippen molar-refractivity contribution in [2.75, 3.05) is 0 Å². The first-order valence-corrected chi connectivity index (χ1v) is 7.39. The van der Waals surface area contributed by atoms with Gasteiger partial charge in [0.15, 0.2) is 0 Å². The molecular weight excluding hydrogens is 244 g/mol. The number of hydrogen-bond acceptors (Lipinski definition) is 1. The Hall–Kier alpha value is -0.820. The highest BCUT2D eigenvalue weighted by Crippen LogP contribution is 2.69. The van der Waals surface area contributed by atoms with Crippen molar-refractivity contribution >= 4 is 17.4 Å². The molecule has 4 atom stereocenters. The standard InChI is InChI=1S/C16H17ClO/c17-12-3-1-2-9(6-12)7-13(18)16-14-10-4-5-11(8-10)15(14)16/h1-3,6,10-11,14-16H,4-5,7-8H2. The van der Waals surface area contributed by atoms with Gasteiger partial charge >= 0.3 is 0 Å². The Morgan fingerprint density at radius 1 is 1.22 bits per heavy atom. The Morgan fingerprint density at radius 3 is 2.61 bits per heavy atom. The Bertz CT molecular complexity index is 494. The lowest BCUT2D eigenvalue weighted by Crippen LogP contribution is -2.12. The average molecular weight is 261 g/mol. The van der Waals surface area contributed by atoms with Gasteiger partial charge in [0, 0.05) is 17.4 Å². The number of rotatable bonds is 3. The van der Waals surface area contributed by atoms with E-state index >= 15 is 0 Å². The van der Waals surface area contributed by atoms with Gasteiger partial charge in [-0.2, -0.15) is 0 Å². The molecule has 0 spiro atoms. The number of Topliss-reactive ketones (excluding diaryl/α,β-unsaturated/α-hetero) is 1. The van der Waals surface area contributed by atoms with E-state index in [2.05, 4.69) is 0 Å². The van der Waals surface area contributed by atoms with Gasteiger partial charge in [-0.3, -0.25) is 4.79 Å². The van der Waals surface area contributed by atoms with E-state index in [0.717, 1.165) is 34.3 Å². The summed E-state index contributed by atoms with van der Waals surface area (Å²) in [6.45, 7) is 0. The highest BCUT2D eigenvalue weighted by molar-refractivity contribution is 6.30. The van der Waals surface area contributed by atoms with Crippen molar-refractivity contribution in [3.8, 4) is 0 Å². The van der Waals surface area contributed by atoms with Crippen molar-refractivity contribution in [2.45, 2.75) is 25.7 Å². The fourth-order valence-electron chi connectivity index (χ4n) is 4.72. The first-order chi connectivity index (χ1) is 8.74. The van der Waals surface area contributed by atoms with E-state index < -0.39 is 0 Å². The van der Waals surface area contributed by atoms with Crippen LogP contribution in [0.2, 0.25) is 5.02 Å². The van der Waals surface area contributed by atoms with Crippen LogP contribution >= 0.6 is 11.6 Å². The van der Waals surface area contributed by atoms with Gasteiger partial charge in [-0.1, -0.05) is 23.7 Å². The zero-order valence-corrected chi connectivity index (χ0v) is 11.1. The summed E-state index contributed by atoms with van der Waals surface area (Å²) >= 11 is 5.96. The van der Waals surface area contributed by atoms with Crippen LogP contribution < -0.4 is 0 Å². The van der Waals surface area contributed by atoms with Gasteiger partial charge < -0.3 is 0 Å². The van der Waals surface area contributed by atoms with Crippen LogP contribution in [0.15, 0.2) is 24.3 Å². The molecule has 1 aromatic rings. The highest BCUT2D eigenvalue weighted by atomic mass is 35.5. The van der Waals surface area contributed by atoms with Crippen molar-refractivity contribution in [3.05, 3.63) is 34.9 Å². The van der Waals surface area contributed by atoms with E-state index in [4.69, 9.17) is 11.6 Å². The molecule has 18 heavy (non-hydrogen) atoms. The fraction of sp³-hybridized carbons (Fsp3) is 0.562. The summed E-state index contributed by atoms with van der Waals surface area (Å²) in [5, 5.41) is 0.733. The summed E-state index contributed by atoms with van der Waals surface area (Å²) < 4.78 is 0. The first kappa shape index (κ1) is 11.0.